The van der Waals surface area contributed by atoms with E-state index in [0.717, 1.165) is 56.0 Å². The Morgan fingerprint density at radius 1 is 0.697 bits per heavy atom. The van der Waals surface area contributed by atoms with Crippen LogP contribution >= 0.6 is 0 Å². The summed E-state index contributed by atoms with van der Waals surface area (Å²) in [7, 11) is 4.93. The molecule has 0 atom stereocenters. The van der Waals surface area contributed by atoms with E-state index in [4.69, 9.17) is 14.2 Å². The molecule has 1 aliphatic rings. The molecule has 0 saturated carbocycles. The summed E-state index contributed by atoms with van der Waals surface area (Å²) >= 11 is 0. The highest BCUT2D eigenvalue weighted by Gasteiger charge is 2.21. The van der Waals surface area contributed by atoms with Gasteiger partial charge in [0.1, 0.15) is 5.82 Å². The highest BCUT2D eigenvalue weighted by molar-refractivity contribution is 5.56. The number of piperazine rings is 1. The van der Waals surface area contributed by atoms with Crippen molar-refractivity contribution in [3.8, 4) is 17.2 Å². The highest BCUT2D eigenvalue weighted by atomic mass is 19.1. The maximum Gasteiger partial charge on any atom is 0.203 e. The molecule has 0 aliphatic carbocycles. The Labute approximate surface area is 195 Å². The van der Waals surface area contributed by atoms with Gasteiger partial charge < -0.3 is 19.1 Å². The van der Waals surface area contributed by atoms with Crippen molar-refractivity contribution in [2.45, 2.75) is 13.0 Å². The molecule has 0 amide bonds. The van der Waals surface area contributed by atoms with Crippen LogP contribution in [0.25, 0.3) is 0 Å². The zero-order valence-corrected chi connectivity index (χ0v) is 19.5. The molecule has 0 N–H and O–H groups in total. The van der Waals surface area contributed by atoms with Crippen LogP contribution in [-0.2, 0) is 13.0 Å². The molecule has 1 fully saturated rings. The van der Waals surface area contributed by atoms with E-state index < -0.39 is 0 Å². The molecule has 6 heteroatoms. The summed E-state index contributed by atoms with van der Waals surface area (Å²) in [6.45, 7) is 4.66. The minimum absolute atomic E-state index is 0.196. The maximum atomic E-state index is 13.1. The summed E-state index contributed by atoms with van der Waals surface area (Å²) < 4.78 is 29.7. The summed E-state index contributed by atoms with van der Waals surface area (Å²) in [5.74, 6) is 1.84. The van der Waals surface area contributed by atoms with E-state index in [2.05, 4.69) is 34.1 Å². The average molecular weight is 451 g/mol. The van der Waals surface area contributed by atoms with Gasteiger partial charge in [0.15, 0.2) is 11.5 Å². The van der Waals surface area contributed by atoms with Crippen molar-refractivity contribution in [2.75, 3.05) is 52.4 Å². The lowest BCUT2D eigenvalue weighted by atomic mass is 10.0. The van der Waals surface area contributed by atoms with Crippen LogP contribution in [0.5, 0.6) is 17.2 Å². The molecule has 0 unspecified atom stereocenters. The fourth-order valence-corrected chi connectivity index (χ4v) is 4.36. The lowest BCUT2D eigenvalue weighted by Crippen LogP contribution is -2.46. The largest absolute Gasteiger partial charge is 0.493 e. The minimum Gasteiger partial charge on any atom is -0.493 e. The molecule has 1 saturated heterocycles. The van der Waals surface area contributed by atoms with Crippen LogP contribution in [0, 0.1) is 5.82 Å². The second-order valence-electron chi connectivity index (χ2n) is 8.23. The van der Waals surface area contributed by atoms with Crippen molar-refractivity contribution in [1.82, 2.24) is 4.90 Å². The van der Waals surface area contributed by atoms with Gasteiger partial charge in [-0.3, -0.25) is 4.90 Å². The first kappa shape index (κ1) is 22.9. The van der Waals surface area contributed by atoms with Gasteiger partial charge in [-0.2, -0.15) is 0 Å². The molecule has 3 aromatic rings. The molecule has 5 nitrogen and oxygen atoms in total. The molecule has 0 bridgehead atoms. The first-order valence-corrected chi connectivity index (χ1v) is 11.2. The third-order valence-corrected chi connectivity index (χ3v) is 6.17. The fraction of sp³-hybridized carbons (Fsp3) is 0.333. The fourth-order valence-electron chi connectivity index (χ4n) is 4.36. The molecule has 0 aromatic heterocycles. The van der Waals surface area contributed by atoms with Crippen LogP contribution in [-0.4, -0.2) is 52.4 Å². The van der Waals surface area contributed by atoms with Gasteiger partial charge in [0, 0.05) is 44.0 Å². The number of hydrogen-bond acceptors (Lipinski definition) is 5. The monoisotopic (exact) mass is 450 g/mol. The zero-order valence-electron chi connectivity index (χ0n) is 19.5. The number of nitrogens with zero attached hydrogens (tertiary/aromatic N) is 2. The number of rotatable bonds is 8. The van der Waals surface area contributed by atoms with Crippen molar-refractivity contribution in [2.24, 2.45) is 0 Å². The summed E-state index contributed by atoms with van der Waals surface area (Å²) in [6.07, 6.45) is 0.807. The Morgan fingerprint density at radius 3 is 1.88 bits per heavy atom. The van der Waals surface area contributed by atoms with Gasteiger partial charge in [-0.05, 0) is 47.9 Å². The number of ether oxygens (including phenoxy) is 3. The molecule has 33 heavy (non-hydrogen) atoms. The van der Waals surface area contributed by atoms with Gasteiger partial charge in [-0.1, -0.05) is 30.3 Å². The van der Waals surface area contributed by atoms with Crippen molar-refractivity contribution in [3.63, 3.8) is 0 Å². The van der Waals surface area contributed by atoms with Crippen molar-refractivity contribution >= 4 is 5.69 Å². The van der Waals surface area contributed by atoms with E-state index >= 15 is 0 Å². The SMILES string of the molecule is COc1ccc(CN2CCN(c3ccc(Cc4ccc(F)cc4)cc3)CC2)c(OC)c1OC. The zero-order chi connectivity index (χ0) is 23.2. The van der Waals surface area contributed by atoms with E-state index in [1.165, 1.54) is 23.4 Å². The molecule has 0 spiro atoms. The maximum absolute atomic E-state index is 13.1. The van der Waals surface area contributed by atoms with E-state index in [1.54, 1.807) is 21.3 Å². The van der Waals surface area contributed by atoms with Gasteiger partial charge in [0.25, 0.3) is 0 Å². The smallest absolute Gasteiger partial charge is 0.203 e. The molecule has 1 aliphatic heterocycles. The van der Waals surface area contributed by atoms with Gasteiger partial charge in [0.2, 0.25) is 5.75 Å². The van der Waals surface area contributed by atoms with Crippen molar-refractivity contribution in [3.05, 3.63) is 83.2 Å². The van der Waals surface area contributed by atoms with Crippen LogP contribution < -0.4 is 19.1 Å². The Balaban J connectivity index is 1.35. The number of halogens is 1. The second kappa shape index (κ2) is 10.6. The minimum atomic E-state index is -0.196. The molecular weight excluding hydrogens is 419 g/mol. The van der Waals surface area contributed by atoms with Gasteiger partial charge in [-0.25, -0.2) is 4.39 Å². The molecule has 1 heterocycles. The van der Waals surface area contributed by atoms with Gasteiger partial charge in [0.05, 0.1) is 21.3 Å². The molecule has 4 rings (SSSR count). The summed E-state index contributed by atoms with van der Waals surface area (Å²) in [4.78, 5) is 4.85. The van der Waals surface area contributed by atoms with Crippen LogP contribution in [0.15, 0.2) is 60.7 Å². The van der Waals surface area contributed by atoms with E-state index in [9.17, 15) is 4.39 Å². The van der Waals surface area contributed by atoms with Crippen LogP contribution in [0.2, 0.25) is 0 Å². The quantitative estimate of drug-likeness (QED) is 0.494. The Bertz CT molecular complexity index is 1050. The average Bonchev–Trinajstić information content (AvgIpc) is 2.86. The first-order valence-electron chi connectivity index (χ1n) is 11.2. The number of methoxy groups -OCH3 is 3. The first-order chi connectivity index (χ1) is 16.1. The van der Waals surface area contributed by atoms with E-state index in [-0.39, 0.29) is 5.82 Å². The predicted octanol–water partition coefficient (Wildman–Crippen LogP) is 4.76. The Kier molecular flexibility index (Phi) is 7.35. The Hall–Kier alpha value is -3.25. The van der Waals surface area contributed by atoms with E-state index in [0.29, 0.717) is 11.5 Å². The van der Waals surface area contributed by atoms with Crippen LogP contribution in [0.4, 0.5) is 10.1 Å². The van der Waals surface area contributed by atoms with Gasteiger partial charge in [-0.15, -0.1) is 0 Å². The molecule has 174 valence electrons. The second-order valence-corrected chi connectivity index (χ2v) is 8.23. The van der Waals surface area contributed by atoms with Gasteiger partial charge >= 0.3 is 0 Å². The third kappa shape index (κ3) is 5.40. The number of hydrogen-bond donors (Lipinski definition) is 0. The lowest BCUT2D eigenvalue weighted by Gasteiger charge is -2.36. The lowest BCUT2D eigenvalue weighted by molar-refractivity contribution is 0.244. The topological polar surface area (TPSA) is 34.2 Å². The van der Waals surface area contributed by atoms with Crippen molar-refractivity contribution in [1.29, 1.82) is 0 Å². The third-order valence-electron chi connectivity index (χ3n) is 6.17. The van der Waals surface area contributed by atoms with Crippen LogP contribution in [0.1, 0.15) is 16.7 Å². The molecule has 3 aromatic carbocycles. The van der Waals surface area contributed by atoms with Crippen LogP contribution in [0.3, 0.4) is 0 Å². The van der Waals surface area contributed by atoms with Crippen molar-refractivity contribution < 1.29 is 18.6 Å². The summed E-state index contributed by atoms with van der Waals surface area (Å²) in [5, 5.41) is 0. The number of anilines is 1. The summed E-state index contributed by atoms with van der Waals surface area (Å²) in [5.41, 5.74) is 4.67. The molecule has 0 radical (unpaired) electrons. The van der Waals surface area contributed by atoms with E-state index in [1.807, 2.05) is 24.3 Å². The predicted molar refractivity (Wildman–Crippen MR) is 129 cm³/mol. The summed E-state index contributed by atoms with van der Waals surface area (Å²) in [6, 6.07) is 19.4. The Morgan fingerprint density at radius 2 is 1.30 bits per heavy atom. The molecular formula is C27H31FN2O3. The normalized spacial score (nSPS) is 14.2. The number of benzene rings is 3. The highest BCUT2D eigenvalue weighted by Crippen LogP contribution is 2.40. The standard InChI is InChI=1S/C27H31FN2O3/c1-31-25-13-8-22(26(32-2)27(25)33-3)19-29-14-16-30(17-15-29)24-11-6-21(7-12-24)18-20-4-9-23(28)10-5-20/h4-13H,14-19H2,1-3H3.